The second kappa shape index (κ2) is 9.28. The van der Waals surface area contributed by atoms with Gasteiger partial charge in [-0.05, 0) is 79.0 Å². The maximum atomic E-state index is 12.6. The van der Waals surface area contributed by atoms with Crippen molar-refractivity contribution >= 4 is 77.8 Å². The van der Waals surface area contributed by atoms with Crippen LogP contribution in [0.4, 0.5) is 5.69 Å². The zero-order valence-corrected chi connectivity index (χ0v) is 22.7. The number of hydrazone groups is 1. The van der Waals surface area contributed by atoms with Crippen molar-refractivity contribution in [3.8, 4) is 0 Å². The van der Waals surface area contributed by atoms with Crippen LogP contribution in [0, 0.1) is 0 Å². The van der Waals surface area contributed by atoms with Crippen molar-refractivity contribution in [1.82, 2.24) is 5.43 Å². The van der Waals surface area contributed by atoms with Crippen LogP contribution in [-0.2, 0) is 0 Å². The summed E-state index contributed by atoms with van der Waals surface area (Å²) in [6, 6.07) is 9.44. The highest BCUT2D eigenvalue weighted by atomic mass is 79.9. The number of carbonyl (C=O) groups excluding carboxylic acids is 1. The summed E-state index contributed by atoms with van der Waals surface area (Å²) in [5, 5.41) is 5.51. The summed E-state index contributed by atoms with van der Waals surface area (Å²) in [7, 11) is 0. The third kappa shape index (κ3) is 4.77. The normalized spacial score (nSPS) is 15.1. The molecule has 3 aromatic rings. The number of allylic oxidation sites excluding steroid dienone is 1. The third-order valence-electron chi connectivity index (χ3n) is 5.67. The lowest BCUT2D eigenvalue weighted by Gasteiger charge is -2.43. The highest BCUT2D eigenvalue weighted by Crippen LogP contribution is 2.41. The lowest BCUT2D eigenvalue weighted by atomic mass is 9.88. The fourth-order valence-electron chi connectivity index (χ4n) is 4.25. The molecule has 1 aliphatic rings. The zero-order valence-electron chi connectivity index (χ0n) is 18.8. The summed E-state index contributed by atoms with van der Waals surface area (Å²) >= 11 is 13.5. The number of hydrogen-bond donors (Lipinski definition) is 1. The first kappa shape index (κ1) is 24.0. The van der Waals surface area contributed by atoms with Gasteiger partial charge >= 0.3 is 5.91 Å². The molecule has 4 rings (SSSR count). The van der Waals surface area contributed by atoms with E-state index in [0.717, 1.165) is 44.1 Å². The van der Waals surface area contributed by atoms with E-state index >= 15 is 0 Å². The van der Waals surface area contributed by atoms with Crippen LogP contribution in [0.25, 0.3) is 16.5 Å². The molecule has 0 bridgehead atoms. The number of anilines is 1. The monoisotopic (exact) mass is 591 g/mol. The predicted molar refractivity (Wildman–Crippen MR) is 143 cm³/mol. The Hall–Kier alpha value is -2.09. The fraction of sp³-hybridized carbons (Fsp3) is 0.280. The standard InChI is InChI=1S/C25H24Br2ClN3O2/c1-5-6-31-21-11-20(28)16(8-18(21)14(2)12-25(31,3)4)13-29-30-24(32)22-9-15-7-17(26)10-19(27)23(15)33-22/h7-13H,5-6H2,1-4H3,(H,30,32)/b29-13-. The van der Waals surface area contributed by atoms with Crippen LogP contribution < -0.4 is 10.3 Å². The zero-order chi connectivity index (χ0) is 23.9. The van der Waals surface area contributed by atoms with Crippen LogP contribution in [0.15, 0.2) is 54.9 Å². The number of carbonyl (C=O) groups is 1. The van der Waals surface area contributed by atoms with E-state index in [-0.39, 0.29) is 11.3 Å². The van der Waals surface area contributed by atoms with E-state index in [9.17, 15) is 4.79 Å². The van der Waals surface area contributed by atoms with E-state index in [1.165, 1.54) is 5.57 Å². The lowest BCUT2D eigenvalue weighted by Crippen LogP contribution is -2.45. The second-order valence-corrected chi connectivity index (χ2v) is 10.8. The Balaban J connectivity index is 1.57. The molecule has 8 heteroatoms. The van der Waals surface area contributed by atoms with Crippen molar-refractivity contribution in [3.63, 3.8) is 0 Å². The molecule has 2 heterocycles. The van der Waals surface area contributed by atoms with Crippen LogP contribution in [0.1, 0.15) is 55.8 Å². The van der Waals surface area contributed by atoms with Gasteiger partial charge in [-0.1, -0.05) is 40.5 Å². The third-order valence-corrected chi connectivity index (χ3v) is 7.05. The molecule has 0 saturated heterocycles. The number of hydrogen-bond acceptors (Lipinski definition) is 4. The quantitative estimate of drug-likeness (QED) is 0.243. The molecule has 0 radical (unpaired) electrons. The number of benzene rings is 2. The molecule has 172 valence electrons. The molecule has 33 heavy (non-hydrogen) atoms. The summed E-state index contributed by atoms with van der Waals surface area (Å²) in [6.45, 7) is 9.64. The molecule has 5 nitrogen and oxygen atoms in total. The Kier molecular flexibility index (Phi) is 6.76. The summed E-state index contributed by atoms with van der Waals surface area (Å²) in [6.07, 6.45) is 4.88. The SMILES string of the molecule is CCCN1c2cc(Cl)c(/C=N\NC(=O)c3cc4cc(Br)cc(Br)c4o3)cc2C(C)=CC1(C)C. The average molecular weight is 594 g/mol. The Morgan fingerprint density at radius 2 is 2.00 bits per heavy atom. The molecule has 0 aliphatic carbocycles. The van der Waals surface area contributed by atoms with Gasteiger partial charge in [-0.15, -0.1) is 0 Å². The predicted octanol–water partition coefficient (Wildman–Crippen LogP) is 7.79. The van der Waals surface area contributed by atoms with Crippen molar-refractivity contribution in [3.05, 3.63) is 67.3 Å². The fourth-order valence-corrected chi connectivity index (χ4v) is 5.79. The van der Waals surface area contributed by atoms with E-state index in [4.69, 9.17) is 16.0 Å². The van der Waals surface area contributed by atoms with Crippen LogP contribution in [0.2, 0.25) is 5.02 Å². The number of furan rings is 1. The molecule has 0 saturated carbocycles. The van der Waals surface area contributed by atoms with Gasteiger partial charge in [0.1, 0.15) is 5.58 Å². The summed E-state index contributed by atoms with van der Waals surface area (Å²) < 4.78 is 7.34. The van der Waals surface area contributed by atoms with Gasteiger partial charge < -0.3 is 9.32 Å². The molecule has 0 fully saturated rings. The maximum absolute atomic E-state index is 12.6. The molecule has 1 aliphatic heterocycles. The molecular formula is C25H24Br2ClN3O2. The van der Waals surface area contributed by atoms with E-state index in [1.54, 1.807) is 12.3 Å². The molecule has 0 spiro atoms. The molecular weight excluding hydrogens is 570 g/mol. The number of rotatable bonds is 5. The van der Waals surface area contributed by atoms with E-state index in [2.05, 4.69) is 81.1 Å². The van der Waals surface area contributed by atoms with E-state index in [0.29, 0.717) is 10.6 Å². The minimum Gasteiger partial charge on any atom is -0.450 e. The highest BCUT2D eigenvalue weighted by molar-refractivity contribution is 9.11. The summed E-state index contributed by atoms with van der Waals surface area (Å²) in [5.41, 5.74) is 7.21. The molecule has 2 aromatic carbocycles. The van der Waals surface area contributed by atoms with Crippen molar-refractivity contribution in [2.45, 2.75) is 39.7 Å². The van der Waals surface area contributed by atoms with Crippen LogP contribution >= 0.6 is 43.5 Å². The first-order chi connectivity index (χ1) is 15.6. The number of halogens is 3. The number of fused-ring (bicyclic) bond motifs is 2. The van der Waals surface area contributed by atoms with Crippen molar-refractivity contribution in [2.24, 2.45) is 5.10 Å². The smallest absolute Gasteiger partial charge is 0.307 e. The van der Waals surface area contributed by atoms with E-state index in [1.807, 2.05) is 24.3 Å². The van der Waals surface area contributed by atoms with Crippen molar-refractivity contribution in [1.29, 1.82) is 0 Å². The van der Waals surface area contributed by atoms with Gasteiger partial charge in [0, 0.05) is 33.2 Å². The molecule has 0 unspecified atom stereocenters. The minimum atomic E-state index is -0.438. The Morgan fingerprint density at radius 3 is 2.73 bits per heavy atom. The van der Waals surface area contributed by atoms with E-state index < -0.39 is 5.91 Å². The van der Waals surface area contributed by atoms with Crippen molar-refractivity contribution in [2.75, 3.05) is 11.4 Å². The first-order valence-corrected chi connectivity index (χ1v) is 12.6. The first-order valence-electron chi connectivity index (χ1n) is 10.6. The Bertz CT molecular complexity index is 1310. The minimum absolute atomic E-state index is 0.0861. The van der Waals surface area contributed by atoms with Gasteiger partial charge in [0.05, 0.1) is 21.2 Å². The molecule has 0 atom stereocenters. The van der Waals surface area contributed by atoms with Gasteiger partial charge in [-0.3, -0.25) is 4.79 Å². The Morgan fingerprint density at radius 1 is 1.24 bits per heavy atom. The van der Waals surface area contributed by atoms with Gasteiger partial charge in [0.2, 0.25) is 0 Å². The van der Waals surface area contributed by atoms with Gasteiger partial charge in [0.15, 0.2) is 5.76 Å². The van der Waals surface area contributed by atoms with Crippen LogP contribution in [0.3, 0.4) is 0 Å². The van der Waals surface area contributed by atoms with Crippen molar-refractivity contribution < 1.29 is 9.21 Å². The summed E-state index contributed by atoms with van der Waals surface area (Å²) in [4.78, 5) is 14.9. The van der Waals surface area contributed by atoms with Crippen LogP contribution in [-0.4, -0.2) is 24.2 Å². The maximum Gasteiger partial charge on any atom is 0.307 e. The number of amides is 1. The van der Waals surface area contributed by atoms with Gasteiger partial charge in [0.25, 0.3) is 0 Å². The average Bonchev–Trinajstić information content (AvgIpc) is 3.16. The largest absolute Gasteiger partial charge is 0.450 e. The van der Waals surface area contributed by atoms with Crippen LogP contribution in [0.5, 0.6) is 0 Å². The number of nitrogens with one attached hydrogen (secondary N) is 1. The lowest BCUT2D eigenvalue weighted by molar-refractivity contribution is 0.0929. The highest BCUT2D eigenvalue weighted by Gasteiger charge is 2.31. The van der Waals surface area contributed by atoms with Gasteiger partial charge in [-0.25, -0.2) is 5.43 Å². The second-order valence-electron chi connectivity index (χ2n) is 8.64. The molecule has 1 N–H and O–H groups in total. The van der Waals surface area contributed by atoms with Gasteiger partial charge in [-0.2, -0.15) is 5.10 Å². The summed E-state index contributed by atoms with van der Waals surface area (Å²) in [5.74, 6) is -0.264. The topological polar surface area (TPSA) is 57.8 Å². The molecule has 1 amide bonds. The molecule has 1 aromatic heterocycles. The Labute approximate surface area is 215 Å². The number of nitrogens with zero attached hydrogens (tertiary/aromatic N) is 2.